The minimum Gasteiger partial charge on any atom is -0.496 e. The number of aryl methyl sites for hydroxylation is 1. The Bertz CT molecular complexity index is 1080. The molecule has 0 saturated carbocycles. The number of halogens is 1. The average molecular weight is 426 g/mol. The minimum atomic E-state index is -0.292. The number of hydrogen-bond donors (Lipinski definition) is 1. The van der Waals surface area contributed by atoms with E-state index in [1.165, 1.54) is 20.7 Å². The number of piperazine rings is 1. The van der Waals surface area contributed by atoms with Crippen molar-refractivity contribution in [3.63, 3.8) is 0 Å². The lowest BCUT2D eigenvalue weighted by Gasteiger charge is -2.34. The molecule has 0 unspecified atom stereocenters. The first kappa shape index (κ1) is 20.4. The van der Waals surface area contributed by atoms with Crippen LogP contribution in [0, 0.1) is 6.92 Å². The molecule has 1 aliphatic rings. The van der Waals surface area contributed by atoms with Crippen molar-refractivity contribution in [3.8, 4) is 11.4 Å². The zero-order chi connectivity index (χ0) is 21.1. The van der Waals surface area contributed by atoms with Gasteiger partial charge in [-0.2, -0.15) is 9.78 Å². The number of methoxy groups -OCH3 is 1. The first-order valence-electron chi connectivity index (χ1n) is 10.1. The van der Waals surface area contributed by atoms with Crippen LogP contribution in [0.2, 0.25) is 5.02 Å². The van der Waals surface area contributed by atoms with Crippen LogP contribution in [-0.2, 0) is 6.54 Å². The number of quaternary nitrogens is 1. The lowest BCUT2D eigenvalue weighted by molar-refractivity contribution is -0.914. The average Bonchev–Trinajstić information content (AvgIpc) is 2.77. The van der Waals surface area contributed by atoms with E-state index in [9.17, 15) is 4.79 Å². The number of benzene rings is 2. The first-order chi connectivity index (χ1) is 14.6. The van der Waals surface area contributed by atoms with E-state index in [1.807, 2.05) is 36.4 Å². The molecule has 0 amide bonds. The lowest BCUT2D eigenvalue weighted by atomic mass is 10.1. The van der Waals surface area contributed by atoms with Crippen LogP contribution in [0.4, 0.5) is 5.69 Å². The molecule has 156 valence electrons. The van der Waals surface area contributed by atoms with Crippen LogP contribution < -0.4 is 20.1 Å². The lowest BCUT2D eigenvalue weighted by Crippen LogP contribution is -3.13. The molecular formula is C23H26ClN4O2+. The van der Waals surface area contributed by atoms with E-state index in [4.69, 9.17) is 16.3 Å². The largest absolute Gasteiger partial charge is 0.496 e. The van der Waals surface area contributed by atoms with Gasteiger partial charge in [0.1, 0.15) is 17.3 Å². The number of ether oxygens (including phenoxy) is 1. The van der Waals surface area contributed by atoms with Crippen molar-refractivity contribution in [1.82, 2.24) is 9.78 Å². The molecule has 1 saturated heterocycles. The number of hydrogen-bond acceptors (Lipinski definition) is 4. The maximum absolute atomic E-state index is 12.8. The third-order valence-corrected chi connectivity index (χ3v) is 5.94. The second-order valence-electron chi connectivity index (χ2n) is 7.63. The van der Waals surface area contributed by atoms with Crippen molar-refractivity contribution < 1.29 is 9.64 Å². The summed E-state index contributed by atoms with van der Waals surface area (Å²) in [5.74, 6) is 0.937. The first-order valence-corrected chi connectivity index (χ1v) is 10.5. The fraction of sp³-hybridized carbons (Fsp3) is 0.304. The van der Waals surface area contributed by atoms with Gasteiger partial charge in [0.15, 0.2) is 0 Å². The van der Waals surface area contributed by atoms with E-state index in [2.05, 4.69) is 29.1 Å². The highest BCUT2D eigenvalue weighted by molar-refractivity contribution is 6.33. The second kappa shape index (κ2) is 8.90. The van der Waals surface area contributed by atoms with Gasteiger partial charge in [0, 0.05) is 5.56 Å². The molecule has 1 fully saturated rings. The van der Waals surface area contributed by atoms with Gasteiger partial charge >= 0.3 is 0 Å². The Labute approximate surface area is 181 Å². The van der Waals surface area contributed by atoms with Crippen LogP contribution in [0.15, 0.2) is 59.5 Å². The number of anilines is 1. The highest BCUT2D eigenvalue weighted by atomic mass is 35.5. The van der Waals surface area contributed by atoms with E-state index < -0.39 is 0 Å². The maximum atomic E-state index is 12.8. The standard InChI is InChI=1S/C23H25ClN4O2/c1-17-8-9-21(30-2)18(14-17)16-26-10-12-27(13-11-26)20-15-25-28(23(29)22(20)24)19-6-4-3-5-7-19/h3-9,14-15H,10-13,16H2,1-2H3/p+1. The molecular weight excluding hydrogens is 400 g/mol. The van der Waals surface area contributed by atoms with Crippen molar-refractivity contribution >= 4 is 17.3 Å². The maximum Gasteiger partial charge on any atom is 0.292 e. The van der Waals surface area contributed by atoms with Gasteiger partial charge < -0.3 is 14.5 Å². The molecule has 0 radical (unpaired) electrons. The molecule has 1 aliphatic heterocycles. The fourth-order valence-electron chi connectivity index (χ4n) is 3.95. The van der Waals surface area contributed by atoms with Gasteiger partial charge in [-0.05, 0) is 31.2 Å². The zero-order valence-corrected chi connectivity index (χ0v) is 18.0. The van der Waals surface area contributed by atoms with E-state index in [0.29, 0.717) is 11.4 Å². The highest BCUT2D eigenvalue weighted by Gasteiger charge is 2.24. The van der Waals surface area contributed by atoms with Crippen LogP contribution in [0.5, 0.6) is 5.75 Å². The smallest absolute Gasteiger partial charge is 0.292 e. The van der Waals surface area contributed by atoms with E-state index in [-0.39, 0.29) is 10.6 Å². The van der Waals surface area contributed by atoms with Crippen molar-refractivity contribution in [2.75, 3.05) is 38.2 Å². The van der Waals surface area contributed by atoms with Crippen LogP contribution in [0.25, 0.3) is 5.69 Å². The second-order valence-corrected chi connectivity index (χ2v) is 8.00. The Hall–Kier alpha value is -2.83. The molecule has 3 aromatic rings. The Morgan fingerprint density at radius 1 is 1.13 bits per heavy atom. The quantitative estimate of drug-likeness (QED) is 0.680. The molecule has 0 spiro atoms. The predicted octanol–water partition coefficient (Wildman–Crippen LogP) is 2.11. The van der Waals surface area contributed by atoms with Crippen LogP contribution in [0.3, 0.4) is 0 Å². The van der Waals surface area contributed by atoms with Gasteiger partial charge in [0.2, 0.25) is 0 Å². The number of aromatic nitrogens is 2. The van der Waals surface area contributed by atoms with Crippen LogP contribution >= 0.6 is 11.6 Å². The summed E-state index contributed by atoms with van der Waals surface area (Å²) < 4.78 is 6.87. The molecule has 2 aromatic carbocycles. The molecule has 7 heteroatoms. The summed E-state index contributed by atoms with van der Waals surface area (Å²) >= 11 is 6.47. The Morgan fingerprint density at radius 2 is 1.87 bits per heavy atom. The molecule has 0 aliphatic carbocycles. The number of nitrogens with zero attached hydrogens (tertiary/aromatic N) is 3. The molecule has 4 rings (SSSR count). The predicted molar refractivity (Wildman–Crippen MR) is 119 cm³/mol. The monoisotopic (exact) mass is 425 g/mol. The fourth-order valence-corrected chi connectivity index (χ4v) is 4.20. The SMILES string of the molecule is COc1ccc(C)cc1C[NH+]1CCN(c2cnn(-c3ccccc3)c(=O)c2Cl)CC1. The summed E-state index contributed by atoms with van der Waals surface area (Å²) in [5, 5.41) is 4.58. The van der Waals surface area contributed by atoms with Crippen LogP contribution in [0.1, 0.15) is 11.1 Å². The van der Waals surface area contributed by atoms with Gasteiger partial charge in [-0.3, -0.25) is 4.79 Å². The molecule has 1 aromatic heterocycles. The molecule has 6 nitrogen and oxygen atoms in total. The van der Waals surface area contributed by atoms with E-state index in [0.717, 1.165) is 38.5 Å². The summed E-state index contributed by atoms with van der Waals surface area (Å²) in [5.41, 5.74) is 3.59. The summed E-state index contributed by atoms with van der Waals surface area (Å²) in [6.45, 7) is 6.56. The van der Waals surface area contributed by atoms with Gasteiger partial charge in [-0.25, -0.2) is 0 Å². The zero-order valence-electron chi connectivity index (χ0n) is 17.3. The Morgan fingerprint density at radius 3 is 2.57 bits per heavy atom. The minimum absolute atomic E-state index is 0.220. The summed E-state index contributed by atoms with van der Waals surface area (Å²) in [4.78, 5) is 16.4. The molecule has 2 heterocycles. The van der Waals surface area contributed by atoms with Crippen LogP contribution in [-0.4, -0.2) is 43.1 Å². The van der Waals surface area contributed by atoms with Crippen molar-refractivity contribution in [2.24, 2.45) is 0 Å². The van der Waals surface area contributed by atoms with Crippen molar-refractivity contribution in [2.45, 2.75) is 13.5 Å². The normalized spacial score (nSPS) is 14.7. The third-order valence-electron chi connectivity index (χ3n) is 5.59. The number of rotatable bonds is 5. The summed E-state index contributed by atoms with van der Waals surface area (Å²) in [6, 6.07) is 15.6. The molecule has 30 heavy (non-hydrogen) atoms. The summed E-state index contributed by atoms with van der Waals surface area (Å²) in [7, 11) is 1.72. The Kier molecular flexibility index (Phi) is 6.06. The van der Waals surface area contributed by atoms with Crippen molar-refractivity contribution in [3.05, 3.63) is 81.2 Å². The van der Waals surface area contributed by atoms with Gasteiger partial charge in [-0.15, -0.1) is 0 Å². The topological polar surface area (TPSA) is 51.8 Å². The van der Waals surface area contributed by atoms with Gasteiger partial charge in [0.05, 0.1) is 50.9 Å². The molecule has 0 bridgehead atoms. The number of nitrogens with one attached hydrogen (secondary N) is 1. The third kappa shape index (κ3) is 4.20. The number of para-hydroxylation sites is 1. The van der Waals surface area contributed by atoms with E-state index >= 15 is 0 Å². The van der Waals surface area contributed by atoms with Crippen molar-refractivity contribution in [1.29, 1.82) is 0 Å². The van der Waals surface area contributed by atoms with Gasteiger partial charge in [0.25, 0.3) is 5.56 Å². The van der Waals surface area contributed by atoms with Gasteiger partial charge in [-0.1, -0.05) is 41.4 Å². The summed E-state index contributed by atoms with van der Waals surface area (Å²) in [6.07, 6.45) is 1.70. The van der Waals surface area contributed by atoms with E-state index in [1.54, 1.807) is 13.3 Å². The Balaban J connectivity index is 1.46. The molecule has 1 N–H and O–H groups in total. The highest BCUT2D eigenvalue weighted by Crippen LogP contribution is 2.22. The molecule has 0 atom stereocenters.